The number of nitrogens with one attached hydrogen (secondary N) is 1. The molecule has 1 N–H and O–H groups in total. The van der Waals surface area contributed by atoms with Gasteiger partial charge in [0.2, 0.25) is 0 Å². The molecule has 16 heavy (non-hydrogen) atoms. The Labute approximate surface area is 102 Å². The Kier molecular flexibility index (Phi) is 5.54. The van der Waals surface area contributed by atoms with E-state index < -0.39 is 0 Å². The van der Waals surface area contributed by atoms with E-state index >= 15 is 0 Å². The summed E-state index contributed by atoms with van der Waals surface area (Å²) >= 11 is 0. The van der Waals surface area contributed by atoms with Crippen LogP contribution in [0, 0.1) is 5.41 Å². The van der Waals surface area contributed by atoms with Crippen molar-refractivity contribution in [2.24, 2.45) is 5.41 Å². The van der Waals surface area contributed by atoms with Crippen LogP contribution in [0.2, 0.25) is 0 Å². The lowest BCUT2D eigenvalue weighted by molar-refractivity contribution is 0.265. The third kappa shape index (κ3) is 3.62. The highest BCUT2D eigenvalue weighted by molar-refractivity contribution is 5.15. The Hall–Kier alpha value is -0.300. The second kappa shape index (κ2) is 6.44. The summed E-state index contributed by atoms with van der Waals surface area (Å²) in [6, 6.07) is 0.565. The highest BCUT2D eigenvalue weighted by atomic mass is 14.9. The van der Waals surface area contributed by atoms with Gasteiger partial charge in [-0.3, -0.25) is 0 Å². The van der Waals surface area contributed by atoms with E-state index in [1.807, 2.05) is 0 Å². The second-order valence-corrected chi connectivity index (χ2v) is 5.80. The largest absolute Gasteiger partial charge is 0.313 e. The van der Waals surface area contributed by atoms with Gasteiger partial charge < -0.3 is 5.32 Å². The van der Waals surface area contributed by atoms with Crippen LogP contribution >= 0.6 is 0 Å². The van der Waals surface area contributed by atoms with Crippen molar-refractivity contribution in [3.63, 3.8) is 0 Å². The van der Waals surface area contributed by atoms with E-state index in [9.17, 15) is 0 Å². The number of likely N-dealkylation sites (N-methyl/N-ethyl adjacent to an activating group) is 1. The maximum absolute atomic E-state index is 3.54. The molecule has 1 heteroatoms. The van der Waals surface area contributed by atoms with Crippen molar-refractivity contribution in [3.8, 4) is 0 Å². The molecule has 0 saturated carbocycles. The van der Waals surface area contributed by atoms with Gasteiger partial charge >= 0.3 is 0 Å². The minimum absolute atomic E-state index is 0.375. The minimum Gasteiger partial charge on any atom is -0.313 e. The van der Waals surface area contributed by atoms with E-state index in [0.717, 1.165) is 0 Å². The minimum atomic E-state index is 0.375. The van der Waals surface area contributed by atoms with Crippen molar-refractivity contribution >= 4 is 0 Å². The van der Waals surface area contributed by atoms with Crippen LogP contribution in [-0.2, 0) is 0 Å². The van der Waals surface area contributed by atoms with Crippen LogP contribution < -0.4 is 5.32 Å². The van der Waals surface area contributed by atoms with Crippen LogP contribution in [0.3, 0.4) is 0 Å². The Balaban J connectivity index is 2.76. The van der Waals surface area contributed by atoms with Crippen molar-refractivity contribution in [1.29, 1.82) is 0 Å². The van der Waals surface area contributed by atoms with E-state index in [-0.39, 0.29) is 0 Å². The molecule has 0 amide bonds. The SMILES string of the molecule is CCC(C)(C)C(NC)C1=CCCCCCC1. The summed E-state index contributed by atoms with van der Waals surface area (Å²) in [4.78, 5) is 0. The maximum Gasteiger partial charge on any atom is 0.0328 e. The zero-order valence-corrected chi connectivity index (χ0v) is 11.6. The lowest BCUT2D eigenvalue weighted by Gasteiger charge is -2.36. The zero-order valence-electron chi connectivity index (χ0n) is 11.6. The molecule has 0 aliphatic heterocycles. The van der Waals surface area contributed by atoms with E-state index in [2.05, 4.69) is 39.2 Å². The van der Waals surface area contributed by atoms with E-state index in [1.165, 1.54) is 44.9 Å². The molecule has 1 aliphatic carbocycles. The molecule has 1 rings (SSSR count). The van der Waals surface area contributed by atoms with Crippen LogP contribution in [-0.4, -0.2) is 13.1 Å². The fraction of sp³-hybridized carbons (Fsp3) is 0.867. The summed E-state index contributed by atoms with van der Waals surface area (Å²) in [6.07, 6.45) is 11.9. The summed E-state index contributed by atoms with van der Waals surface area (Å²) in [5, 5.41) is 3.54. The van der Waals surface area contributed by atoms with E-state index in [4.69, 9.17) is 0 Å². The predicted molar refractivity (Wildman–Crippen MR) is 72.7 cm³/mol. The highest BCUT2D eigenvalue weighted by Gasteiger charge is 2.29. The quantitative estimate of drug-likeness (QED) is 0.701. The lowest BCUT2D eigenvalue weighted by atomic mass is 9.76. The molecule has 94 valence electrons. The average Bonchev–Trinajstić information content (AvgIpc) is 2.21. The molecule has 0 bridgehead atoms. The van der Waals surface area contributed by atoms with Gasteiger partial charge in [-0.25, -0.2) is 0 Å². The molecule has 1 aliphatic rings. The first-order chi connectivity index (χ1) is 7.61. The van der Waals surface area contributed by atoms with Crippen LogP contribution in [0.5, 0.6) is 0 Å². The summed E-state index contributed by atoms with van der Waals surface area (Å²) < 4.78 is 0. The molecule has 0 radical (unpaired) electrons. The first-order valence-electron chi connectivity index (χ1n) is 6.98. The van der Waals surface area contributed by atoms with Crippen LogP contribution in [0.25, 0.3) is 0 Å². The Morgan fingerprint density at radius 1 is 1.25 bits per heavy atom. The molecule has 0 aromatic heterocycles. The molecule has 1 atom stereocenters. The van der Waals surface area contributed by atoms with Gasteiger partial charge in [0.1, 0.15) is 0 Å². The molecule has 0 aromatic carbocycles. The predicted octanol–water partition coefficient (Wildman–Crippen LogP) is 4.29. The fourth-order valence-electron chi connectivity index (χ4n) is 2.76. The van der Waals surface area contributed by atoms with Gasteiger partial charge in [-0.2, -0.15) is 0 Å². The summed E-state index contributed by atoms with van der Waals surface area (Å²) in [5.41, 5.74) is 2.04. The second-order valence-electron chi connectivity index (χ2n) is 5.80. The van der Waals surface area contributed by atoms with Crippen molar-refractivity contribution in [2.45, 2.75) is 71.8 Å². The summed E-state index contributed by atoms with van der Waals surface area (Å²) in [7, 11) is 2.11. The molecule has 0 saturated heterocycles. The number of hydrogen-bond donors (Lipinski definition) is 1. The Morgan fingerprint density at radius 3 is 2.56 bits per heavy atom. The maximum atomic E-state index is 3.54. The van der Waals surface area contributed by atoms with Gasteiger partial charge in [0.15, 0.2) is 0 Å². The molecule has 0 heterocycles. The smallest absolute Gasteiger partial charge is 0.0328 e. The molecule has 0 spiro atoms. The van der Waals surface area contributed by atoms with Gasteiger partial charge in [-0.1, -0.05) is 45.3 Å². The van der Waals surface area contributed by atoms with Crippen molar-refractivity contribution in [3.05, 3.63) is 11.6 Å². The molecule has 0 aromatic rings. The van der Waals surface area contributed by atoms with Gasteiger partial charge in [0, 0.05) is 6.04 Å². The van der Waals surface area contributed by atoms with Crippen molar-refractivity contribution in [2.75, 3.05) is 7.05 Å². The number of allylic oxidation sites excluding steroid dienone is 1. The van der Waals surface area contributed by atoms with Gasteiger partial charge in [0.05, 0.1) is 0 Å². The molecule has 1 nitrogen and oxygen atoms in total. The van der Waals surface area contributed by atoms with Crippen molar-refractivity contribution < 1.29 is 0 Å². The topological polar surface area (TPSA) is 12.0 Å². The Morgan fingerprint density at radius 2 is 1.94 bits per heavy atom. The van der Waals surface area contributed by atoms with Crippen molar-refractivity contribution in [1.82, 2.24) is 5.32 Å². The van der Waals surface area contributed by atoms with Gasteiger partial charge in [-0.15, -0.1) is 0 Å². The number of hydrogen-bond acceptors (Lipinski definition) is 1. The third-order valence-corrected chi connectivity index (χ3v) is 4.18. The standard InChI is InChI=1S/C15H29N/c1-5-15(2,3)14(16-4)13-11-9-7-6-8-10-12-13/h11,14,16H,5-10,12H2,1-4H3. The lowest BCUT2D eigenvalue weighted by Crippen LogP contribution is -2.41. The average molecular weight is 223 g/mol. The molecular formula is C15H29N. The summed E-state index contributed by atoms with van der Waals surface area (Å²) in [6.45, 7) is 7.06. The van der Waals surface area contributed by atoms with Crippen LogP contribution in [0.1, 0.15) is 65.7 Å². The van der Waals surface area contributed by atoms with Crippen LogP contribution in [0.4, 0.5) is 0 Å². The fourth-order valence-corrected chi connectivity index (χ4v) is 2.76. The van der Waals surface area contributed by atoms with Gasteiger partial charge in [-0.05, 0) is 44.6 Å². The number of rotatable bonds is 4. The molecule has 0 fully saturated rings. The molecule has 1 unspecified atom stereocenters. The highest BCUT2D eigenvalue weighted by Crippen LogP contribution is 2.32. The first-order valence-corrected chi connectivity index (χ1v) is 6.98. The normalized spacial score (nSPS) is 20.9. The van der Waals surface area contributed by atoms with Gasteiger partial charge in [0.25, 0.3) is 0 Å². The monoisotopic (exact) mass is 223 g/mol. The third-order valence-electron chi connectivity index (χ3n) is 4.18. The molecular weight excluding hydrogens is 194 g/mol. The first kappa shape index (κ1) is 13.8. The zero-order chi connectivity index (χ0) is 12.0. The van der Waals surface area contributed by atoms with E-state index in [1.54, 1.807) is 5.57 Å². The van der Waals surface area contributed by atoms with E-state index in [0.29, 0.717) is 11.5 Å². The van der Waals surface area contributed by atoms with Crippen LogP contribution in [0.15, 0.2) is 11.6 Å². The summed E-state index contributed by atoms with van der Waals surface area (Å²) in [5.74, 6) is 0. The Bertz CT molecular complexity index is 228.